The van der Waals surface area contributed by atoms with Gasteiger partial charge in [0.2, 0.25) is 0 Å². The molecule has 1 saturated heterocycles. The quantitative estimate of drug-likeness (QED) is 0.856. The standard InChI is InChI=1S/C17H18FN/c1-12-11-14(7-8-16(12)18)17-15(9-10-19-17)13-5-3-2-4-6-13/h2-8,11,15,17,19H,9-10H2,1H3. The first-order valence-corrected chi connectivity index (χ1v) is 6.80. The fourth-order valence-electron chi connectivity index (χ4n) is 2.97. The number of nitrogens with one attached hydrogen (secondary N) is 1. The van der Waals surface area contributed by atoms with E-state index in [-0.39, 0.29) is 5.82 Å². The fourth-order valence-corrected chi connectivity index (χ4v) is 2.97. The van der Waals surface area contributed by atoms with Gasteiger partial charge in [-0.05, 0) is 42.6 Å². The summed E-state index contributed by atoms with van der Waals surface area (Å²) in [5.74, 6) is 0.351. The highest BCUT2D eigenvalue weighted by atomic mass is 19.1. The summed E-state index contributed by atoms with van der Waals surface area (Å²) in [6.07, 6.45) is 1.13. The average Bonchev–Trinajstić information content (AvgIpc) is 2.92. The molecule has 2 aromatic carbocycles. The van der Waals surface area contributed by atoms with E-state index in [4.69, 9.17) is 0 Å². The van der Waals surface area contributed by atoms with E-state index in [0.29, 0.717) is 12.0 Å². The van der Waals surface area contributed by atoms with E-state index in [0.717, 1.165) is 18.5 Å². The normalized spacial score (nSPS) is 22.6. The van der Waals surface area contributed by atoms with Gasteiger partial charge in [-0.25, -0.2) is 4.39 Å². The maximum atomic E-state index is 13.4. The summed E-state index contributed by atoms with van der Waals surface area (Å²) < 4.78 is 13.4. The maximum Gasteiger partial charge on any atom is 0.126 e. The molecule has 2 unspecified atom stereocenters. The largest absolute Gasteiger partial charge is 0.309 e. The van der Waals surface area contributed by atoms with Crippen LogP contribution in [0.1, 0.15) is 35.1 Å². The number of halogens is 1. The van der Waals surface area contributed by atoms with Crippen molar-refractivity contribution in [1.29, 1.82) is 0 Å². The highest BCUT2D eigenvalue weighted by Crippen LogP contribution is 2.37. The van der Waals surface area contributed by atoms with Crippen molar-refractivity contribution in [2.75, 3.05) is 6.54 Å². The second-order valence-electron chi connectivity index (χ2n) is 5.25. The third-order valence-corrected chi connectivity index (χ3v) is 3.99. The van der Waals surface area contributed by atoms with Gasteiger partial charge in [-0.2, -0.15) is 0 Å². The Labute approximate surface area is 113 Å². The maximum absolute atomic E-state index is 13.4. The van der Waals surface area contributed by atoms with Gasteiger partial charge in [0.1, 0.15) is 5.82 Å². The lowest BCUT2D eigenvalue weighted by molar-refractivity contribution is 0.571. The SMILES string of the molecule is Cc1cc(C2NCCC2c2ccccc2)ccc1F. The first-order valence-electron chi connectivity index (χ1n) is 6.80. The van der Waals surface area contributed by atoms with Crippen LogP contribution in [0.3, 0.4) is 0 Å². The van der Waals surface area contributed by atoms with E-state index in [2.05, 4.69) is 29.6 Å². The van der Waals surface area contributed by atoms with E-state index < -0.39 is 0 Å². The molecule has 0 aromatic heterocycles. The van der Waals surface area contributed by atoms with Gasteiger partial charge in [0.05, 0.1) is 0 Å². The Morgan fingerprint density at radius 1 is 1.05 bits per heavy atom. The molecule has 1 N–H and O–H groups in total. The second kappa shape index (κ2) is 5.14. The van der Waals surface area contributed by atoms with Crippen LogP contribution in [0.2, 0.25) is 0 Å². The summed E-state index contributed by atoms with van der Waals surface area (Å²) in [5.41, 5.74) is 3.27. The molecule has 2 atom stereocenters. The number of rotatable bonds is 2. The minimum atomic E-state index is -0.127. The number of benzene rings is 2. The molecule has 1 aliphatic heterocycles. The topological polar surface area (TPSA) is 12.0 Å². The molecule has 3 rings (SSSR count). The lowest BCUT2D eigenvalue weighted by Crippen LogP contribution is -2.17. The summed E-state index contributed by atoms with van der Waals surface area (Å²) >= 11 is 0. The predicted octanol–water partition coefficient (Wildman–Crippen LogP) is 3.95. The lowest BCUT2D eigenvalue weighted by Gasteiger charge is -2.21. The molecular weight excluding hydrogens is 237 g/mol. The summed E-state index contributed by atoms with van der Waals surface area (Å²) in [4.78, 5) is 0. The third-order valence-electron chi connectivity index (χ3n) is 3.99. The molecule has 0 radical (unpaired) electrons. The van der Waals surface area contributed by atoms with Crippen LogP contribution in [0.5, 0.6) is 0 Å². The van der Waals surface area contributed by atoms with Crippen molar-refractivity contribution in [3.05, 3.63) is 71.0 Å². The van der Waals surface area contributed by atoms with E-state index in [1.165, 1.54) is 11.1 Å². The molecular formula is C17H18FN. The van der Waals surface area contributed by atoms with Crippen molar-refractivity contribution in [3.8, 4) is 0 Å². The monoisotopic (exact) mass is 255 g/mol. The van der Waals surface area contributed by atoms with Crippen molar-refractivity contribution in [2.24, 2.45) is 0 Å². The van der Waals surface area contributed by atoms with Crippen molar-refractivity contribution in [1.82, 2.24) is 5.32 Å². The van der Waals surface area contributed by atoms with Gasteiger partial charge in [0, 0.05) is 12.0 Å². The van der Waals surface area contributed by atoms with Crippen LogP contribution in [0, 0.1) is 12.7 Å². The van der Waals surface area contributed by atoms with Crippen molar-refractivity contribution in [3.63, 3.8) is 0 Å². The molecule has 1 heterocycles. The summed E-state index contributed by atoms with van der Waals surface area (Å²) in [7, 11) is 0. The van der Waals surface area contributed by atoms with E-state index in [9.17, 15) is 4.39 Å². The first-order chi connectivity index (χ1) is 9.25. The van der Waals surface area contributed by atoms with Gasteiger partial charge in [0.15, 0.2) is 0 Å². The number of aryl methyl sites for hydroxylation is 1. The molecule has 1 aliphatic rings. The highest BCUT2D eigenvalue weighted by molar-refractivity contribution is 5.32. The van der Waals surface area contributed by atoms with Crippen molar-refractivity contribution >= 4 is 0 Å². The zero-order valence-electron chi connectivity index (χ0n) is 11.1. The van der Waals surface area contributed by atoms with Crippen LogP contribution < -0.4 is 5.32 Å². The molecule has 19 heavy (non-hydrogen) atoms. The second-order valence-corrected chi connectivity index (χ2v) is 5.25. The van der Waals surface area contributed by atoms with E-state index >= 15 is 0 Å². The molecule has 0 amide bonds. The Hall–Kier alpha value is -1.67. The zero-order chi connectivity index (χ0) is 13.2. The Kier molecular flexibility index (Phi) is 3.34. The van der Waals surface area contributed by atoms with Crippen molar-refractivity contribution < 1.29 is 4.39 Å². The van der Waals surface area contributed by atoms with Gasteiger partial charge in [-0.1, -0.05) is 42.5 Å². The minimum absolute atomic E-state index is 0.127. The van der Waals surface area contributed by atoms with Gasteiger partial charge in [0.25, 0.3) is 0 Å². The van der Waals surface area contributed by atoms with Gasteiger partial charge >= 0.3 is 0 Å². The Balaban J connectivity index is 1.93. The predicted molar refractivity (Wildman–Crippen MR) is 75.7 cm³/mol. The van der Waals surface area contributed by atoms with Crippen LogP contribution in [-0.4, -0.2) is 6.54 Å². The average molecular weight is 255 g/mol. The minimum Gasteiger partial charge on any atom is -0.309 e. The highest BCUT2D eigenvalue weighted by Gasteiger charge is 2.29. The molecule has 0 spiro atoms. The smallest absolute Gasteiger partial charge is 0.126 e. The third kappa shape index (κ3) is 2.41. The summed E-state index contributed by atoms with van der Waals surface area (Å²) in [6.45, 7) is 2.84. The molecule has 0 saturated carbocycles. The van der Waals surface area contributed by atoms with Crippen molar-refractivity contribution in [2.45, 2.75) is 25.3 Å². The van der Waals surface area contributed by atoms with E-state index in [1.807, 2.05) is 25.1 Å². The molecule has 0 aliphatic carbocycles. The molecule has 2 aromatic rings. The molecule has 2 heteroatoms. The molecule has 1 nitrogen and oxygen atoms in total. The molecule has 98 valence electrons. The Morgan fingerprint density at radius 2 is 1.84 bits per heavy atom. The van der Waals surface area contributed by atoms with Gasteiger partial charge in [-0.15, -0.1) is 0 Å². The summed E-state index contributed by atoms with van der Waals surface area (Å²) in [6, 6.07) is 16.3. The zero-order valence-corrected chi connectivity index (χ0v) is 11.1. The Bertz CT molecular complexity index is 565. The van der Waals surface area contributed by atoms with Crippen LogP contribution in [-0.2, 0) is 0 Å². The van der Waals surface area contributed by atoms with Crippen LogP contribution in [0.15, 0.2) is 48.5 Å². The van der Waals surface area contributed by atoms with Crippen LogP contribution in [0.25, 0.3) is 0 Å². The Morgan fingerprint density at radius 3 is 2.58 bits per heavy atom. The summed E-state index contributed by atoms with van der Waals surface area (Å²) in [5, 5.41) is 3.55. The molecule has 1 fully saturated rings. The number of hydrogen-bond acceptors (Lipinski definition) is 1. The fraction of sp³-hybridized carbons (Fsp3) is 0.294. The van der Waals surface area contributed by atoms with E-state index in [1.54, 1.807) is 6.07 Å². The van der Waals surface area contributed by atoms with Crippen LogP contribution >= 0.6 is 0 Å². The first kappa shape index (κ1) is 12.4. The van der Waals surface area contributed by atoms with Gasteiger partial charge in [-0.3, -0.25) is 0 Å². The molecule has 0 bridgehead atoms. The number of hydrogen-bond donors (Lipinski definition) is 1. The van der Waals surface area contributed by atoms with Crippen LogP contribution in [0.4, 0.5) is 4.39 Å². The van der Waals surface area contributed by atoms with Gasteiger partial charge < -0.3 is 5.32 Å². The lowest BCUT2D eigenvalue weighted by atomic mass is 9.87.